The van der Waals surface area contributed by atoms with Gasteiger partial charge in [0.15, 0.2) is 0 Å². The summed E-state index contributed by atoms with van der Waals surface area (Å²) in [5.74, 6) is 1.24. The third-order valence-electron chi connectivity index (χ3n) is 3.71. The van der Waals surface area contributed by atoms with E-state index < -0.39 is 0 Å². The highest BCUT2D eigenvalue weighted by atomic mass is 79.9. The Bertz CT molecular complexity index is 849. The number of alkyl halides is 1. The highest BCUT2D eigenvalue weighted by Crippen LogP contribution is 2.31. The van der Waals surface area contributed by atoms with E-state index in [0.29, 0.717) is 11.3 Å². The zero-order chi connectivity index (χ0) is 15.7. The monoisotopic (exact) mass is 376 g/mol. The predicted molar refractivity (Wildman–Crippen MR) is 97.3 cm³/mol. The van der Waals surface area contributed by atoms with Crippen molar-refractivity contribution in [1.82, 2.24) is 9.97 Å². The molecule has 3 aromatic rings. The molecular formula is C17H17BrN2OS. The topological polar surface area (TPSA) is 45.8 Å². The summed E-state index contributed by atoms with van der Waals surface area (Å²) in [7, 11) is 0. The van der Waals surface area contributed by atoms with Gasteiger partial charge in [0, 0.05) is 22.7 Å². The highest BCUT2D eigenvalue weighted by molar-refractivity contribution is 9.09. The highest BCUT2D eigenvalue weighted by Gasteiger charge is 2.13. The largest absolute Gasteiger partial charge is 0.310 e. The Hall–Kier alpha value is -1.46. The third kappa shape index (κ3) is 2.88. The van der Waals surface area contributed by atoms with E-state index in [2.05, 4.69) is 64.0 Å². The van der Waals surface area contributed by atoms with Crippen LogP contribution < -0.4 is 5.56 Å². The summed E-state index contributed by atoms with van der Waals surface area (Å²) in [5, 5.41) is 3.51. The molecule has 0 bridgehead atoms. The van der Waals surface area contributed by atoms with E-state index in [4.69, 9.17) is 0 Å². The van der Waals surface area contributed by atoms with Crippen molar-refractivity contribution in [2.24, 2.45) is 0 Å². The number of nitrogens with one attached hydrogen (secondary N) is 1. The van der Waals surface area contributed by atoms with Gasteiger partial charge in [0.2, 0.25) is 0 Å². The van der Waals surface area contributed by atoms with Gasteiger partial charge in [0.1, 0.15) is 10.7 Å². The number of halogens is 1. The minimum absolute atomic E-state index is 0.0508. The molecule has 114 valence electrons. The lowest BCUT2D eigenvalue weighted by atomic mass is 9.99. The second-order valence-corrected chi connectivity index (χ2v) is 7.21. The van der Waals surface area contributed by atoms with Crippen LogP contribution >= 0.6 is 27.3 Å². The van der Waals surface area contributed by atoms with Crippen molar-refractivity contribution in [2.75, 3.05) is 5.33 Å². The van der Waals surface area contributed by atoms with Crippen molar-refractivity contribution in [2.45, 2.75) is 26.2 Å². The van der Waals surface area contributed by atoms with E-state index in [-0.39, 0.29) is 5.56 Å². The first-order valence-electron chi connectivity index (χ1n) is 7.27. The van der Waals surface area contributed by atoms with E-state index in [0.717, 1.165) is 33.5 Å². The number of aromatic amines is 1. The molecule has 2 aromatic heterocycles. The van der Waals surface area contributed by atoms with Crippen molar-refractivity contribution in [3.05, 3.63) is 51.4 Å². The van der Waals surface area contributed by atoms with Crippen LogP contribution in [0.2, 0.25) is 0 Å². The number of hydrogen-bond acceptors (Lipinski definition) is 3. The van der Waals surface area contributed by atoms with E-state index >= 15 is 0 Å². The molecule has 1 N–H and O–H groups in total. The summed E-state index contributed by atoms with van der Waals surface area (Å²) in [5.41, 5.74) is 3.28. The molecule has 0 spiro atoms. The summed E-state index contributed by atoms with van der Waals surface area (Å²) in [4.78, 5) is 20.6. The summed E-state index contributed by atoms with van der Waals surface area (Å²) in [6.45, 7) is 4.35. The van der Waals surface area contributed by atoms with Crippen LogP contribution in [0.5, 0.6) is 0 Å². The Labute approximate surface area is 141 Å². The fourth-order valence-corrected chi connectivity index (χ4v) is 3.80. The third-order valence-corrected chi connectivity index (χ3v) is 4.98. The fourth-order valence-electron chi connectivity index (χ4n) is 2.46. The number of hydrogen-bond donors (Lipinski definition) is 1. The van der Waals surface area contributed by atoms with Crippen molar-refractivity contribution < 1.29 is 0 Å². The number of fused-ring (bicyclic) bond motifs is 1. The van der Waals surface area contributed by atoms with Gasteiger partial charge in [0.25, 0.3) is 5.56 Å². The average Bonchev–Trinajstić information content (AvgIpc) is 2.92. The molecule has 2 heterocycles. The molecular weight excluding hydrogens is 360 g/mol. The van der Waals surface area contributed by atoms with Crippen molar-refractivity contribution in [1.29, 1.82) is 0 Å². The molecule has 0 atom stereocenters. The lowest BCUT2D eigenvalue weighted by Gasteiger charge is -2.06. The fraction of sp³-hybridized carbons (Fsp3) is 0.294. The van der Waals surface area contributed by atoms with E-state index in [9.17, 15) is 4.79 Å². The average molecular weight is 377 g/mol. The van der Waals surface area contributed by atoms with Gasteiger partial charge in [-0.25, -0.2) is 4.98 Å². The summed E-state index contributed by atoms with van der Waals surface area (Å²) >= 11 is 4.90. The van der Waals surface area contributed by atoms with E-state index in [1.807, 2.05) is 5.38 Å². The summed E-state index contributed by atoms with van der Waals surface area (Å²) in [6.07, 6.45) is 0.724. The number of nitrogens with zero attached hydrogens (tertiary/aromatic N) is 1. The van der Waals surface area contributed by atoms with Crippen molar-refractivity contribution in [3.63, 3.8) is 0 Å². The van der Waals surface area contributed by atoms with Gasteiger partial charge in [0.05, 0.1) is 5.39 Å². The normalized spacial score (nSPS) is 11.5. The van der Waals surface area contributed by atoms with Crippen LogP contribution in [0.1, 0.15) is 31.2 Å². The lowest BCUT2D eigenvalue weighted by Crippen LogP contribution is -2.11. The molecule has 0 amide bonds. The Balaban J connectivity index is 2.10. The molecule has 0 aliphatic heterocycles. The zero-order valence-corrected chi connectivity index (χ0v) is 14.9. The first-order chi connectivity index (χ1) is 10.6. The first kappa shape index (κ1) is 15.4. The Morgan fingerprint density at radius 3 is 2.64 bits per heavy atom. The Morgan fingerprint density at radius 2 is 2.00 bits per heavy atom. The summed E-state index contributed by atoms with van der Waals surface area (Å²) < 4.78 is 0. The van der Waals surface area contributed by atoms with Crippen LogP contribution in [-0.4, -0.2) is 15.3 Å². The number of aryl methyl sites for hydroxylation is 1. The minimum Gasteiger partial charge on any atom is -0.310 e. The SMILES string of the molecule is CC(C)c1ccc(-c2csc3nc(CCBr)[nH]c(=O)c23)cc1. The van der Waals surface area contributed by atoms with Crippen LogP contribution in [-0.2, 0) is 6.42 Å². The smallest absolute Gasteiger partial charge is 0.260 e. The van der Waals surface area contributed by atoms with Gasteiger partial charge in [-0.2, -0.15) is 0 Å². The molecule has 3 nitrogen and oxygen atoms in total. The second kappa shape index (κ2) is 6.34. The molecule has 0 unspecified atom stereocenters. The molecule has 0 saturated carbocycles. The Kier molecular flexibility index (Phi) is 4.45. The van der Waals surface area contributed by atoms with Gasteiger partial charge < -0.3 is 4.98 Å². The molecule has 5 heteroatoms. The maximum absolute atomic E-state index is 12.4. The number of thiophene rings is 1. The van der Waals surface area contributed by atoms with Crippen LogP contribution in [0.3, 0.4) is 0 Å². The van der Waals surface area contributed by atoms with Gasteiger partial charge in [-0.15, -0.1) is 11.3 Å². The molecule has 0 aliphatic rings. The minimum atomic E-state index is -0.0508. The van der Waals surface area contributed by atoms with Crippen LogP contribution in [0, 0.1) is 0 Å². The van der Waals surface area contributed by atoms with Gasteiger partial charge in [-0.3, -0.25) is 4.79 Å². The first-order valence-corrected chi connectivity index (χ1v) is 9.27. The maximum atomic E-state index is 12.4. The van der Waals surface area contributed by atoms with E-state index in [1.54, 1.807) is 0 Å². The molecule has 0 fully saturated rings. The van der Waals surface area contributed by atoms with Crippen LogP contribution in [0.25, 0.3) is 21.3 Å². The van der Waals surface area contributed by atoms with Crippen LogP contribution in [0.4, 0.5) is 0 Å². The summed E-state index contributed by atoms with van der Waals surface area (Å²) in [6, 6.07) is 8.43. The number of H-pyrrole nitrogens is 1. The van der Waals surface area contributed by atoms with Crippen molar-refractivity contribution in [3.8, 4) is 11.1 Å². The molecule has 1 aromatic carbocycles. The quantitative estimate of drug-likeness (QED) is 0.669. The number of benzene rings is 1. The standard InChI is InChI=1S/C17H17BrN2OS/c1-10(2)11-3-5-12(6-4-11)13-9-22-17-15(13)16(21)19-14(20-17)7-8-18/h3-6,9-10H,7-8H2,1-2H3,(H,19,20,21). The van der Waals surface area contributed by atoms with Gasteiger partial charge in [-0.05, 0) is 17.0 Å². The van der Waals surface area contributed by atoms with Gasteiger partial charge >= 0.3 is 0 Å². The molecule has 0 aliphatic carbocycles. The molecule has 3 rings (SSSR count). The van der Waals surface area contributed by atoms with E-state index in [1.165, 1.54) is 16.9 Å². The molecule has 0 saturated heterocycles. The number of rotatable bonds is 4. The number of aromatic nitrogens is 2. The van der Waals surface area contributed by atoms with Gasteiger partial charge in [-0.1, -0.05) is 54.0 Å². The lowest BCUT2D eigenvalue weighted by molar-refractivity contribution is 0.867. The Morgan fingerprint density at radius 1 is 1.27 bits per heavy atom. The molecule has 0 radical (unpaired) electrons. The maximum Gasteiger partial charge on any atom is 0.260 e. The van der Waals surface area contributed by atoms with Crippen LogP contribution in [0.15, 0.2) is 34.4 Å². The predicted octanol–water partition coefficient (Wildman–Crippen LogP) is 4.71. The zero-order valence-electron chi connectivity index (χ0n) is 12.5. The second-order valence-electron chi connectivity index (χ2n) is 5.56. The van der Waals surface area contributed by atoms with Crippen molar-refractivity contribution >= 4 is 37.5 Å². The molecule has 22 heavy (non-hydrogen) atoms.